The minimum Gasteiger partial charge on any atom is -0.319 e. The number of likely N-dealkylation sites (N-methyl/N-ethyl adjacent to an activating group) is 1. The fourth-order valence-corrected chi connectivity index (χ4v) is 2.92. The van der Waals surface area contributed by atoms with Gasteiger partial charge in [-0.15, -0.1) is 11.3 Å². The molecule has 1 nitrogen and oxygen atoms in total. The molecule has 0 aliphatic carbocycles. The number of rotatable bonds is 4. The van der Waals surface area contributed by atoms with Crippen molar-refractivity contribution >= 4 is 11.3 Å². The van der Waals surface area contributed by atoms with Crippen LogP contribution >= 0.6 is 11.3 Å². The van der Waals surface area contributed by atoms with Gasteiger partial charge >= 0.3 is 0 Å². The van der Waals surface area contributed by atoms with E-state index < -0.39 is 0 Å². The van der Waals surface area contributed by atoms with E-state index in [2.05, 4.69) is 18.3 Å². The fraction of sp³-hybridized carbons (Fsp3) is 0.286. The standard InChI is InChI=1S/C14H16FNS/c1-10(9-16-2)13-7-8-14(17-13)11-5-3-4-6-12(11)15/h3-8,10,16H,9H2,1-2H3. The van der Waals surface area contributed by atoms with E-state index in [0.717, 1.165) is 11.4 Å². The molecule has 0 bridgehead atoms. The molecule has 0 radical (unpaired) electrons. The summed E-state index contributed by atoms with van der Waals surface area (Å²) in [5.74, 6) is 0.313. The van der Waals surface area contributed by atoms with Crippen LogP contribution in [0.5, 0.6) is 0 Å². The van der Waals surface area contributed by atoms with Crippen LogP contribution in [0.15, 0.2) is 36.4 Å². The summed E-state index contributed by atoms with van der Waals surface area (Å²) in [7, 11) is 1.95. The second-order valence-electron chi connectivity index (χ2n) is 4.14. The number of halogens is 1. The molecule has 0 spiro atoms. The summed E-state index contributed by atoms with van der Waals surface area (Å²) in [6.45, 7) is 3.12. The van der Waals surface area contributed by atoms with Crippen molar-refractivity contribution in [3.05, 3.63) is 47.1 Å². The Morgan fingerprint density at radius 2 is 2.00 bits per heavy atom. The lowest BCUT2D eigenvalue weighted by Gasteiger charge is -2.07. The van der Waals surface area contributed by atoms with Crippen molar-refractivity contribution in [2.24, 2.45) is 0 Å². The van der Waals surface area contributed by atoms with E-state index in [1.54, 1.807) is 17.4 Å². The van der Waals surface area contributed by atoms with Gasteiger partial charge in [0.05, 0.1) is 0 Å². The zero-order chi connectivity index (χ0) is 12.3. The second-order valence-corrected chi connectivity index (χ2v) is 5.26. The van der Waals surface area contributed by atoms with E-state index in [1.165, 1.54) is 10.9 Å². The van der Waals surface area contributed by atoms with Crippen LogP contribution < -0.4 is 5.32 Å². The molecule has 1 heterocycles. The lowest BCUT2D eigenvalue weighted by Crippen LogP contribution is -2.13. The molecular formula is C14H16FNS. The first kappa shape index (κ1) is 12.3. The Morgan fingerprint density at radius 3 is 2.71 bits per heavy atom. The topological polar surface area (TPSA) is 12.0 Å². The summed E-state index contributed by atoms with van der Waals surface area (Å²) in [6.07, 6.45) is 0. The van der Waals surface area contributed by atoms with Gasteiger partial charge in [-0.25, -0.2) is 4.39 Å². The Balaban J connectivity index is 2.27. The predicted octanol–water partition coefficient (Wildman–Crippen LogP) is 3.88. The lowest BCUT2D eigenvalue weighted by atomic mass is 10.1. The van der Waals surface area contributed by atoms with E-state index >= 15 is 0 Å². The van der Waals surface area contributed by atoms with Crippen LogP contribution in [0.1, 0.15) is 17.7 Å². The molecule has 1 N–H and O–H groups in total. The molecule has 1 unspecified atom stereocenters. The molecule has 3 heteroatoms. The van der Waals surface area contributed by atoms with E-state index in [0.29, 0.717) is 11.5 Å². The van der Waals surface area contributed by atoms with Crippen LogP contribution in [0.2, 0.25) is 0 Å². The summed E-state index contributed by atoms with van der Waals surface area (Å²) in [5.41, 5.74) is 0.695. The smallest absolute Gasteiger partial charge is 0.131 e. The van der Waals surface area contributed by atoms with E-state index in [1.807, 2.05) is 25.2 Å². The zero-order valence-corrected chi connectivity index (χ0v) is 10.9. The van der Waals surface area contributed by atoms with Gasteiger partial charge in [-0.2, -0.15) is 0 Å². The maximum absolute atomic E-state index is 13.6. The summed E-state index contributed by atoms with van der Waals surface area (Å²) in [5, 5.41) is 3.16. The Kier molecular flexibility index (Phi) is 3.92. The second kappa shape index (κ2) is 5.43. The maximum Gasteiger partial charge on any atom is 0.131 e. The van der Waals surface area contributed by atoms with Crippen LogP contribution in [-0.4, -0.2) is 13.6 Å². The van der Waals surface area contributed by atoms with Crippen molar-refractivity contribution in [1.82, 2.24) is 5.32 Å². The molecule has 0 amide bonds. The van der Waals surface area contributed by atoms with Gasteiger partial charge in [-0.05, 0) is 25.2 Å². The number of thiophene rings is 1. The van der Waals surface area contributed by atoms with Crippen molar-refractivity contribution in [1.29, 1.82) is 0 Å². The molecule has 1 atom stereocenters. The SMILES string of the molecule is CNCC(C)c1ccc(-c2ccccc2F)s1. The van der Waals surface area contributed by atoms with Crippen LogP contribution in [-0.2, 0) is 0 Å². The van der Waals surface area contributed by atoms with Crippen LogP contribution in [0.4, 0.5) is 4.39 Å². The molecule has 2 aromatic rings. The Morgan fingerprint density at radius 1 is 1.24 bits per heavy atom. The molecule has 1 aromatic heterocycles. The third kappa shape index (κ3) is 2.73. The van der Waals surface area contributed by atoms with Gasteiger partial charge in [0.2, 0.25) is 0 Å². The molecule has 0 fully saturated rings. The highest BCUT2D eigenvalue weighted by Crippen LogP contribution is 2.33. The monoisotopic (exact) mass is 249 g/mol. The maximum atomic E-state index is 13.6. The summed E-state index contributed by atoms with van der Waals surface area (Å²) >= 11 is 1.67. The average Bonchev–Trinajstić information content (AvgIpc) is 2.79. The molecule has 0 aliphatic rings. The lowest BCUT2D eigenvalue weighted by molar-refractivity contribution is 0.631. The van der Waals surface area contributed by atoms with Gasteiger partial charge < -0.3 is 5.32 Å². The highest BCUT2D eigenvalue weighted by molar-refractivity contribution is 7.15. The van der Waals surface area contributed by atoms with E-state index in [-0.39, 0.29) is 5.82 Å². The first-order valence-corrected chi connectivity index (χ1v) is 6.53. The largest absolute Gasteiger partial charge is 0.319 e. The highest BCUT2D eigenvalue weighted by Gasteiger charge is 2.11. The molecule has 2 rings (SSSR count). The van der Waals surface area contributed by atoms with E-state index in [9.17, 15) is 4.39 Å². The number of hydrogen-bond acceptors (Lipinski definition) is 2. The van der Waals surface area contributed by atoms with Gasteiger partial charge in [0, 0.05) is 27.8 Å². The molecule has 0 saturated heterocycles. The first-order valence-electron chi connectivity index (χ1n) is 5.71. The van der Waals surface area contributed by atoms with Gasteiger partial charge in [-0.3, -0.25) is 0 Å². The minimum absolute atomic E-state index is 0.151. The third-order valence-electron chi connectivity index (χ3n) is 2.76. The van der Waals surface area contributed by atoms with Crippen LogP contribution in [0, 0.1) is 5.82 Å². The molecule has 1 aromatic carbocycles. The third-order valence-corrected chi connectivity index (χ3v) is 4.11. The van der Waals surface area contributed by atoms with Gasteiger partial charge in [0.15, 0.2) is 0 Å². The molecule has 17 heavy (non-hydrogen) atoms. The number of benzene rings is 1. The number of hydrogen-bond donors (Lipinski definition) is 1. The fourth-order valence-electron chi connectivity index (χ4n) is 1.83. The Hall–Kier alpha value is -1.19. The Bertz CT molecular complexity index is 492. The quantitative estimate of drug-likeness (QED) is 0.867. The van der Waals surface area contributed by atoms with Gasteiger partial charge in [0.25, 0.3) is 0 Å². The summed E-state index contributed by atoms with van der Waals surface area (Å²) < 4.78 is 13.6. The average molecular weight is 249 g/mol. The van der Waals surface area contributed by atoms with Crippen molar-refractivity contribution < 1.29 is 4.39 Å². The van der Waals surface area contributed by atoms with Gasteiger partial charge in [0.1, 0.15) is 5.82 Å². The van der Waals surface area contributed by atoms with Crippen molar-refractivity contribution in [2.75, 3.05) is 13.6 Å². The summed E-state index contributed by atoms with van der Waals surface area (Å²) in [4.78, 5) is 2.29. The molecular weight excluding hydrogens is 233 g/mol. The van der Waals surface area contributed by atoms with Crippen LogP contribution in [0.3, 0.4) is 0 Å². The van der Waals surface area contributed by atoms with E-state index in [4.69, 9.17) is 0 Å². The first-order chi connectivity index (χ1) is 8.22. The normalized spacial score (nSPS) is 12.6. The highest BCUT2D eigenvalue weighted by atomic mass is 32.1. The Labute approximate surface area is 105 Å². The molecule has 0 saturated carbocycles. The van der Waals surface area contributed by atoms with Crippen molar-refractivity contribution in [2.45, 2.75) is 12.8 Å². The van der Waals surface area contributed by atoms with Crippen molar-refractivity contribution in [3.8, 4) is 10.4 Å². The van der Waals surface area contributed by atoms with Gasteiger partial charge in [-0.1, -0.05) is 25.1 Å². The molecule has 0 aliphatic heterocycles. The van der Waals surface area contributed by atoms with Crippen LogP contribution in [0.25, 0.3) is 10.4 Å². The number of nitrogens with one attached hydrogen (secondary N) is 1. The minimum atomic E-state index is -0.151. The van der Waals surface area contributed by atoms with Crippen molar-refractivity contribution in [3.63, 3.8) is 0 Å². The molecule has 90 valence electrons. The predicted molar refractivity (Wildman–Crippen MR) is 72.1 cm³/mol. The zero-order valence-electron chi connectivity index (χ0n) is 10.0. The summed E-state index contributed by atoms with van der Waals surface area (Å²) in [6, 6.07) is 11.0.